The van der Waals surface area contributed by atoms with Crippen LogP contribution in [0.2, 0.25) is 0 Å². The Labute approximate surface area is 126 Å². The molecule has 120 valence electrons. The Morgan fingerprint density at radius 2 is 1.80 bits per heavy atom. The zero-order chi connectivity index (χ0) is 15.8. The van der Waals surface area contributed by atoms with E-state index in [0.717, 1.165) is 12.8 Å². The highest BCUT2D eigenvalue weighted by molar-refractivity contribution is 5.82. The van der Waals surface area contributed by atoms with Gasteiger partial charge in [-0.25, -0.2) is 0 Å². The summed E-state index contributed by atoms with van der Waals surface area (Å²) < 4.78 is 0. The number of hydrogen-bond donors (Lipinski definition) is 2. The SMILES string of the molecule is CCCCC(C)(C)CC(C)(C(=O)NCCCN)C(C)C. The van der Waals surface area contributed by atoms with Crippen LogP contribution in [-0.4, -0.2) is 19.0 Å². The molecule has 3 nitrogen and oxygen atoms in total. The van der Waals surface area contributed by atoms with Crippen molar-refractivity contribution in [3.8, 4) is 0 Å². The van der Waals surface area contributed by atoms with Crippen LogP contribution in [0.25, 0.3) is 0 Å². The van der Waals surface area contributed by atoms with Crippen molar-refractivity contribution in [3.05, 3.63) is 0 Å². The van der Waals surface area contributed by atoms with E-state index >= 15 is 0 Å². The summed E-state index contributed by atoms with van der Waals surface area (Å²) in [4.78, 5) is 12.6. The van der Waals surface area contributed by atoms with Crippen molar-refractivity contribution in [1.29, 1.82) is 0 Å². The molecule has 0 saturated heterocycles. The maximum atomic E-state index is 12.6. The minimum absolute atomic E-state index is 0.186. The molecule has 0 aromatic rings. The van der Waals surface area contributed by atoms with E-state index in [-0.39, 0.29) is 16.7 Å². The molecule has 0 aromatic carbocycles. The standard InChI is InChI=1S/C17H36N2O/c1-7-8-10-16(4,5)13-17(6,14(2)3)15(20)19-12-9-11-18/h14H,7-13,18H2,1-6H3,(H,19,20). The van der Waals surface area contributed by atoms with Crippen molar-refractivity contribution in [3.63, 3.8) is 0 Å². The average molecular weight is 284 g/mol. The summed E-state index contributed by atoms with van der Waals surface area (Å²) in [5.41, 5.74) is 5.40. The topological polar surface area (TPSA) is 55.1 Å². The van der Waals surface area contributed by atoms with E-state index in [9.17, 15) is 4.79 Å². The molecule has 0 bridgehead atoms. The number of carbonyl (C=O) groups excluding carboxylic acids is 1. The van der Waals surface area contributed by atoms with Gasteiger partial charge in [0.2, 0.25) is 5.91 Å². The maximum Gasteiger partial charge on any atom is 0.226 e. The third-order valence-electron chi connectivity index (χ3n) is 4.51. The van der Waals surface area contributed by atoms with Crippen LogP contribution in [0.4, 0.5) is 0 Å². The van der Waals surface area contributed by atoms with Gasteiger partial charge in [-0.15, -0.1) is 0 Å². The van der Waals surface area contributed by atoms with E-state index in [4.69, 9.17) is 5.73 Å². The minimum atomic E-state index is -0.300. The van der Waals surface area contributed by atoms with Crippen molar-refractivity contribution >= 4 is 5.91 Å². The molecule has 0 heterocycles. The van der Waals surface area contributed by atoms with Crippen LogP contribution in [0.5, 0.6) is 0 Å². The zero-order valence-corrected chi connectivity index (χ0v) is 14.5. The quantitative estimate of drug-likeness (QED) is 0.601. The van der Waals surface area contributed by atoms with Gasteiger partial charge >= 0.3 is 0 Å². The van der Waals surface area contributed by atoms with E-state index in [1.165, 1.54) is 19.3 Å². The van der Waals surface area contributed by atoms with Crippen LogP contribution in [-0.2, 0) is 4.79 Å². The van der Waals surface area contributed by atoms with Gasteiger partial charge in [0.05, 0.1) is 0 Å². The van der Waals surface area contributed by atoms with E-state index in [0.29, 0.717) is 19.0 Å². The van der Waals surface area contributed by atoms with Crippen molar-refractivity contribution in [2.24, 2.45) is 22.5 Å². The van der Waals surface area contributed by atoms with Crippen LogP contribution in [0.15, 0.2) is 0 Å². The lowest BCUT2D eigenvalue weighted by Crippen LogP contribution is -2.45. The lowest BCUT2D eigenvalue weighted by molar-refractivity contribution is -0.134. The predicted octanol–water partition coefficient (Wildman–Crippen LogP) is 3.72. The molecular weight excluding hydrogens is 248 g/mol. The molecule has 3 heteroatoms. The Hall–Kier alpha value is -0.570. The molecule has 3 N–H and O–H groups in total. The average Bonchev–Trinajstić information content (AvgIpc) is 2.35. The van der Waals surface area contributed by atoms with Crippen LogP contribution < -0.4 is 11.1 Å². The summed E-state index contributed by atoms with van der Waals surface area (Å²) in [5.74, 6) is 0.520. The Bertz CT molecular complexity index is 287. The van der Waals surface area contributed by atoms with E-state index < -0.39 is 0 Å². The van der Waals surface area contributed by atoms with Gasteiger partial charge in [-0.1, -0.05) is 54.4 Å². The monoisotopic (exact) mass is 284 g/mol. The number of rotatable bonds is 10. The first-order valence-corrected chi connectivity index (χ1v) is 8.18. The first-order valence-electron chi connectivity index (χ1n) is 8.18. The molecule has 0 aliphatic carbocycles. The molecule has 0 spiro atoms. The molecule has 0 aliphatic rings. The van der Waals surface area contributed by atoms with Crippen LogP contribution in [0, 0.1) is 16.7 Å². The molecule has 0 saturated carbocycles. The summed E-state index contributed by atoms with van der Waals surface area (Å²) >= 11 is 0. The highest BCUT2D eigenvalue weighted by atomic mass is 16.2. The first-order chi connectivity index (χ1) is 9.19. The van der Waals surface area contributed by atoms with Gasteiger partial charge in [-0.3, -0.25) is 4.79 Å². The van der Waals surface area contributed by atoms with E-state index in [1.807, 2.05) is 0 Å². The minimum Gasteiger partial charge on any atom is -0.356 e. The van der Waals surface area contributed by atoms with Gasteiger partial charge < -0.3 is 11.1 Å². The zero-order valence-electron chi connectivity index (χ0n) is 14.5. The number of carbonyl (C=O) groups is 1. The Kier molecular flexibility index (Phi) is 8.41. The Morgan fingerprint density at radius 3 is 2.25 bits per heavy atom. The summed E-state index contributed by atoms with van der Waals surface area (Å²) in [5, 5.41) is 3.07. The largest absolute Gasteiger partial charge is 0.356 e. The van der Waals surface area contributed by atoms with Gasteiger partial charge in [-0.2, -0.15) is 0 Å². The second-order valence-corrected chi connectivity index (χ2v) is 7.41. The van der Waals surface area contributed by atoms with Crippen LogP contribution >= 0.6 is 0 Å². The summed E-state index contributed by atoms with van der Waals surface area (Å²) in [6.07, 6.45) is 5.41. The number of nitrogens with two attached hydrogens (primary N) is 1. The van der Waals surface area contributed by atoms with Crippen LogP contribution in [0.1, 0.15) is 73.6 Å². The molecule has 20 heavy (non-hydrogen) atoms. The highest BCUT2D eigenvalue weighted by Crippen LogP contribution is 2.42. The smallest absolute Gasteiger partial charge is 0.226 e. The second kappa shape index (κ2) is 8.66. The van der Waals surface area contributed by atoms with E-state index in [2.05, 4.69) is 46.9 Å². The van der Waals surface area contributed by atoms with E-state index in [1.54, 1.807) is 0 Å². The summed E-state index contributed by atoms with van der Waals surface area (Å²) in [6, 6.07) is 0. The fourth-order valence-corrected chi connectivity index (χ4v) is 2.79. The second-order valence-electron chi connectivity index (χ2n) is 7.41. The lowest BCUT2D eigenvalue weighted by Gasteiger charge is -2.39. The third-order valence-corrected chi connectivity index (χ3v) is 4.51. The van der Waals surface area contributed by atoms with Crippen molar-refractivity contribution < 1.29 is 4.79 Å². The number of amides is 1. The first kappa shape index (κ1) is 19.4. The van der Waals surface area contributed by atoms with Gasteiger partial charge in [-0.05, 0) is 37.1 Å². The van der Waals surface area contributed by atoms with Crippen molar-refractivity contribution in [2.45, 2.75) is 73.6 Å². The van der Waals surface area contributed by atoms with Gasteiger partial charge in [0.25, 0.3) is 0 Å². The summed E-state index contributed by atoms with van der Waals surface area (Å²) in [6.45, 7) is 14.5. The molecule has 0 rings (SSSR count). The molecule has 0 aromatic heterocycles. The molecule has 1 amide bonds. The number of hydrogen-bond acceptors (Lipinski definition) is 2. The van der Waals surface area contributed by atoms with Crippen LogP contribution in [0.3, 0.4) is 0 Å². The highest BCUT2D eigenvalue weighted by Gasteiger charge is 2.40. The molecule has 0 radical (unpaired) electrons. The molecule has 1 unspecified atom stereocenters. The third kappa shape index (κ3) is 6.25. The lowest BCUT2D eigenvalue weighted by atomic mass is 9.66. The fourth-order valence-electron chi connectivity index (χ4n) is 2.79. The van der Waals surface area contributed by atoms with Crippen molar-refractivity contribution in [2.75, 3.05) is 13.1 Å². The van der Waals surface area contributed by atoms with Gasteiger partial charge in [0.1, 0.15) is 0 Å². The van der Waals surface area contributed by atoms with Gasteiger partial charge in [0.15, 0.2) is 0 Å². The molecule has 0 aliphatic heterocycles. The predicted molar refractivity (Wildman–Crippen MR) is 87.5 cm³/mol. The molecule has 1 atom stereocenters. The normalized spacial score (nSPS) is 15.2. The van der Waals surface area contributed by atoms with Gasteiger partial charge in [0, 0.05) is 12.0 Å². The Balaban J connectivity index is 4.78. The molecular formula is C17H36N2O. The fraction of sp³-hybridized carbons (Fsp3) is 0.941. The maximum absolute atomic E-state index is 12.6. The van der Waals surface area contributed by atoms with Crippen molar-refractivity contribution in [1.82, 2.24) is 5.32 Å². The number of unbranched alkanes of at least 4 members (excludes halogenated alkanes) is 1. The number of nitrogens with one attached hydrogen (secondary N) is 1. The summed E-state index contributed by atoms with van der Waals surface area (Å²) in [7, 11) is 0. The Morgan fingerprint density at radius 1 is 1.20 bits per heavy atom. The molecule has 0 fully saturated rings.